The van der Waals surface area contributed by atoms with Crippen LogP contribution in [0.2, 0.25) is 0 Å². The number of aromatic amines is 2. The molecule has 6 rings (SSSR count). The van der Waals surface area contributed by atoms with E-state index >= 15 is 0 Å². The summed E-state index contributed by atoms with van der Waals surface area (Å²) in [7, 11) is 0. The van der Waals surface area contributed by atoms with Crippen LogP contribution in [0, 0.1) is 5.92 Å². The van der Waals surface area contributed by atoms with Gasteiger partial charge in [-0.3, -0.25) is 19.9 Å². The van der Waals surface area contributed by atoms with E-state index in [0.717, 1.165) is 49.2 Å². The van der Waals surface area contributed by atoms with Gasteiger partial charge in [0, 0.05) is 40.2 Å². The summed E-state index contributed by atoms with van der Waals surface area (Å²) in [4.78, 5) is 30.4. The second-order valence-corrected chi connectivity index (χ2v) is 10.0. The molecule has 5 heterocycles. The van der Waals surface area contributed by atoms with E-state index in [4.69, 9.17) is 4.98 Å². The van der Waals surface area contributed by atoms with Crippen molar-refractivity contribution in [3.05, 3.63) is 66.6 Å². The molecule has 0 radical (unpaired) electrons. The number of H-pyrrole nitrogens is 2. The molecule has 0 saturated carbocycles. The number of carbonyl (C=O) groups is 1. The Balaban J connectivity index is 1.38. The third-order valence-corrected chi connectivity index (χ3v) is 6.82. The van der Waals surface area contributed by atoms with Gasteiger partial charge in [0.1, 0.15) is 11.2 Å². The first-order valence-electron chi connectivity index (χ1n) is 11.7. The highest BCUT2D eigenvalue weighted by molar-refractivity contribution is 7.13. The SMILES string of the molecule is CC(C)CC(=O)Nc1cncc(-c2ccc3[nH]nc(-c4nc5c(-c6cccs6)cncc5[nH]4)c3c2)c1. The minimum absolute atomic E-state index is 0.0159. The molecule has 1 aromatic carbocycles. The Morgan fingerprint density at radius 1 is 1.03 bits per heavy atom. The van der Waals surface area contributed by atoms with E-state index in [1.807, 2.05) is 49.7 Å². The van der Waals surface area contributed by atoms with Crippen LogP contribution in [-0.4, -0.2) is 36.0 Å². The van der Waals surface area contributed by atoms with Crippen molar-refractivity contribution in [2.75, 3.05) is 5.32 Å². The van der Waals surface area contributed by atoms with Crippen molar-refractivity contribution in [3.63, 3.8) is 0 Å². The number of pyridine rings is 2. The molecule has 0 aliphatic heterocycles. The molecule has 0 aliphatic carbocycles. The summed E-state index contributed by atoms with van der Waals surface area (Å²) in [6.45, 7) is 4.04. The van der Waals surface area contributed by atoms with Crippen molar-refractivity contribution in [1.29, 1.82) is 0 Å². The van der Waals surface area contributed by atoms with Crippen LogP contribution in [0.15, 0.2) is 66.6 Å². The van der Waals surface area contributed by atoms with Crippen molar-refractivity contribution in [2.24, 2.45) is 5.92 Å². The van der Waals surface area contributed by atoms with Crippen LogP contribution in [0.4, 0.5) is 5.69 Å². The fraction of sp³-hybridized carbons (Fsp3) is 0.148. The molecule has 1 amide bonds. The third kappa shape index (κ3) is 4.14. The highest BCUT2D eigenvalue weighted by Crippen LogP contribution is 2.34. The summed E-state index contributed by atoms with van der Waals surface area (Å²) in [5.41, 5.74) is 6.90. The van der Waals surface area contributed by atoms with Crippen LogP contribution in [0.1, 0.15) is 20.3 Å². The molecule has 0 saturated heterocycles. The van der Waals surface area contributed by atoms with Crippen molar-refractivity contribution in [2.45, 2.75) is 20.3 Å². The second-order valence-electron chi connectivity index (χ2n) is 9.09. The maximum absolute atomic E-state index is 12.2. The monoisotopic (exact) mass is 493 g/mol. The van der Waals surface area contributed by atoms with Crippen molar-refractivity contribution >= 4 is 44.9 Å². The molecule has 0 spiro atoms. The number of amides is 1. The van der Waals surface area contributed by atoms with Gasteiger partial charge >= 0.3 is 0 Å². The number of hydrogen-bond acceptors (Lipinski definition) is 6. The standard InChI is InChI=1S/C27H23N7OS/c1-15(2)8-24(35)30-18-9-17(11-28-12-18)16-5-6-21-19(10-16)26(34-33-21)27-31-22-14-29-13-20(25(22)32-27)23-4-3-7-36-23/h3-7,9-15H,8H2,1-2H3,(H,30,35)(H,31,32)(H,33,34). The van der Waals surface area contributed by atoms with Gasteiger partial charge in [-0.25, -0.2) is 4.98 Å². The topological polar surface area (TPSA) is 112 Å². The second kappa shape index (κ2) is 9.01. The van der Waals surface area contributed by atoms with Crippen LogP contribution in [0.5, 0.6) is 0 Å². The van der Waals surface area contributed by atoms with Gasteiger partial charge in [-0.2, -0.15) is 5.10 Å². The van der Waals surface area contributed by atoms with Gasteiger partial charge in [0.25, 0.3) is 0 Å². The number of rotatable bonds is 6. The lowest BCUT2D eigenvalue weighted by molar-refractivity contribution is -0.116. The molecule has 0 bridgehead atoms. The Morgan fingerprint density at radius 2 is 1.92 bits per heavy atom. The molecule has 36 heavy (non-hydrogen) atoms. The summed E-state index contributed by atoms with van der Waals surface area (Å²) in [6, 6.07) is 12.1. The summed E-state index contributed by atoms with van der Waals surface area (Å²) in [5.74, 6) is 0.948. The maximum atomic E-state index is 12.2. The van der Waals surface area contributed by atoms with Crippen LogP contribution in [-0.2, 0) is 4.79 Å². The number of carbonyl (C=O) groups excluding carboxylic acids is 1. The Hall–Kier alpha value is -4.37. The molecular formula is C27H23N7OS. The minimum Gasteiger partial charge on any atom is -0.335 e. The number of hydrogen-bond donors (Lipinski definition) is 3. The van der Waals surface area contributed by atoms with Gasteiger partial charge in [0.15, 0.2) is 5.82 Å². The zero-order valence-corrected chi connectivity index (χ0v) is 20.6. The van der Waals surface area contributed by atoms with Gasteiger partial charge in [0.2, 0.25) is 5.91 Å². The predicted molar refractivity (Wildman–Crippen MR) is 144 cm³/mol. The lowest BCUT2D eigenvalue weighted by Crippen LogP contribution is -2.13. The Bertz CT molecular complexity index is 1700. The fourth-order valence-electron chi connectivity index (χ4n) is 4.28. The van der Waals surface area contributed by atoms with E-state index in [2.05, 4.69) is 42.6 Å². The zero-order chi connectivity index (χ0) is 24.6. The number of anilines is 1. The summed E-state index contributed by atoms with van der Waals surface area (Å²) in [5, 5.41) is 13.6. The van der Waals surface area contributed by atoms with E-state index in [0.29, 0.717) is 23.9 Å². The van der Waals surface area contributed by atoms with E-state index in [9.17, 15) is 4.79 Å². The molecule has 178 valence electrons. The molecule has 0 fully saturated rings. The minimum atomic E-state index is -0.0159. The van der Waals surface area contributed by atoms with Gasteiger partial charge < -0.3 is 10.3 Å². The first-order chi connectivity index (χ1) is 17.5. The molecule has 0 unspecified atom stereocenters. The number of nitrogens with one attached hydrogen (secondary N) is 3. The third-order valence-electron chi connectivity index (χ3n) is 5.92. The van der Waals surface area contributed by atoms with Crippen LogP contribution >= 0.6 is 11.3 Å². The Labute approximate surface area is 210 Å². The largest absolute Gasteiger partial charge is 0.335 e. The summed E-state index contributed by atoms with van der Waals surface area (Å²) >= 11 is 1.66. The molecule has 3 N–H and O–H groups in total. The van der Waals surface area contributed by atoms with Crippen LogP contribution < -0.4 is 5.32 Å². The number of benzene rings is 1. The van der Waals surface area contributed by atoms with Crippen LogP contribution in [0.25, 0.3) is 55.0 Å². The smallest absolute Gasteiger partial charge is 0.224 e. The van der Waals surface area contributed by atoms with Gasteiger partial charge in [-0.05, 0) is 41.1 Å². The Morgan fingerprint density at radius 3 is 2.75 bits per heavy atom. The first kappa shape index (κ1) is 22.1. The normalized spacial score (nSPS) is 11.5. The van der Waals surface area contributed by atoms with Crippen LogP contribution in [0.3, 0.4) is 0 Å². The average Bonchev–Trinajstić information content (AvgIpc) is 3.62. The number of fused-ring (bicyclic) bond motifs is 2. The number of thiophene rings is 1. The lowest BCUT2D eigenvalue weighted by Gasteiger charge is -2.09. The molecular weight excluding hydrogens is 470 g/mol. The quantitative estimate of drug-likeness (QED) is 0.253. The van der Waals surface area contributed by atoms with Crippen molar-refractivity contribution in [3.8, 4) is 33.1 Å². The molecule has 6 aromatic rings. The fourth-order valence-corrected chi connectivity index (χ4v) is 5.02. The van der Waals surface area contributed by atoms with E-state index < -0.39 is 0 Å². The van der Waals surface area contributed by atoms with E-state index in [1.165, 1.54) is 0 Å². The molecule has 9 heteroatoms. The molecule has 0 atom stereocenters. The first-order valence-corrected chi connectivity index (χ1v) is 12.5. The maximum Gasteiger partial charge on any atom is 0.224 e. The van der Waals surface area contributed by atoms with Crippen molar-refractivity contribution in [1.82, 2.24) is 30.1 Å². The van der Waals surface area contributed by atoms with Gasteiger partial charge in [0.05, 0.1) is 29.1 Å². The highest BCUT2D eigenvalue weighted by atomic mass is 32.1. The summed E-state index contributed by atoms with van der Waals surface area (Å²) in [6.07, 6.45) is 7.56. The number of aromatic nitrogens is 6. The number of imidazole rings is 1. The van der Waals surface area contributed by atoms with E-state index in [1.54, 1.807) is 29.9 Å². The molecule has 8 nitrogen and oxygen atoms in total. The van der Waals surface area contributed by atoms with Gasteiger partial charge in [-0.15, -0.1) is 11.3 Å². The highest BCUT2D eigenvalue weighted by Gasteiger charge is 2.16. The van der Waals surface area contributed by atoms with Crippen molar-refractivity contribution < 1.29 is 4.79 Å². The Kier molecular flexibility index (Phi) is 5.54. The molecule has 0 aliphatic rings. The average molecular weight is 494 g/mol. The van der Waals surface area contributed by atoms with E-state index in [-0.39, 0.29) is 5.91 Å². The van der Waals surface area contributed by atoms with Gasteiger partial charge in [-0.1, -0.05) is 26.0 Å². The zero-order valence-electron chi connectivity index (χ0n) is 19.7. The summed E-state index contributed by atoms with van der Waals surface area (Å²) < 4.78 is 0. The lowest BCUT2D eigenvalue weighted by atomic mass is 10.0. The predicted octanol–water partition coefficient (Wildman–Crippen LogP) is 6.28. The molecule has 5 aromatic heterocycles. The number of nitrogens with zero attached hydrogens (tertiary/aromatic N) is 4.